The van der Waals surface area contributed by atoms with Crippen LogP contribution < -0.4 is 14.2 Å². The summed E-state index contributed by atoms with van der Waals surface area (Å²) in [5, 5.41) is 0. The van der Waals surface area contributed by atoms with Crippen molar-refractivity contribution in [3.05, 3.63) is 127 Å². The summed E-state index contributed by atoms with van der Waals surface area (Å²) >= 11 is 0. The number of hydrogen-bond donors (Lipinski definition) is 0. The topological polar surface area (TPSA) is 107 Å². The molecule has 0 atom stereocenters. The summed E-state index contributed by atoms with van der Waals surface area (Å²) in [6.07, 6.45) is 4.74. The molecule has 4 aromatic carbocycles. The normalized spacial score (nSPS) is 10.3. The van der Waals surface area contributed by atoms with Crippen molar-refractivity contribution in [3.63, 3.8) is 0 Å². The molecular weight excluding hydrogens is 612 g/mol. The molecule has 246 valence electrons. The molecule has 0 spiro atoms. The fourth-order valence-electron chi connectivity index (χ4n) is 4.89. The van der Waals surface area contributed by atoms with Crippen LogP contribution in [0.3, 0.4) is 0 Å². The Morgan fingerprint density at radius 3 is 0.958 bits per heavy atom. The van der Waals surface area contributed by atoms with E-state index in [0.717, 1.165) is 16.7 Å². The van der Waals surface area contributed by atoms with Gasteiger partial charge in [-0.15, -0.1) is 0 Å². The maximum atomic E-state index is 12.8. The van der Waals surface area contributed by atoms with Gasteiger partial charge >= 0.3 is 17.9 Å². The minimum Gasteiger partial charge on any atom is -0.489 e. The van der Waals surface area contributed by atoms with Crippen LogP contribution in [0.2, 0.25) is 0 Å². The smallest absolute Gasteiger partial charge is 0.341 e. The van der Waals surface area contributed by atoms with Crippen molar-refractivity contribution in [1.82, 2.24) is 0 Å². The molecule has 0 unspecified atom stereocenters. The van der Waals surface area contributed by atoms with Crippen LogP contribution in [0.15, 0.2) is 111 Å². The molecular formula is C39H36O9. The second-order valence-electron chi connectivity index (χ2n) is 10.2. The highest BCUT2D eigenvalue weighted by Gasteiger charge is 2.20. The molecule has 0 bridgehead atoms. The third-order valence-electron chi connectivity index (χ3n) is 7.16. The highest BCUT2D eigenvalue weighted by Crippen LogP contribution is 2.37. The van der Waals surface area contributed by atoms with Crippen molar-refractivity contribution < 1.29 is 42.8 Å². The van der Waals surface area contributed by atoms with E-state index in [9.17, 15) is 14.4 Å². The molecule has 0 saturated carbocycles. The zero-order valence-electron chi connectivity index (χ0n) is 27.1. The molecule has 0 aliphatic rings. The van der Waals surface area contributed by atoms with Gasteiger partial charge in [0.1, 0.15) is 53.8 Å². The highest BCUT2D eigenvalue weighted by atomic mass is 16.5. The van der Waals surface area contributed by atoms with Crippen LogP contribution in [-0.2, 0) is 14.2 Å². The molecule has 48 heavy (non-hydrogen) atoms. The van der Waals surface area contributed by atoms with E-state index in [1.165, 1.54) is 21.3 Å². The Bertz CT molecular complexity index is 1630. The molecule has 0 aromatic heterocycles. The van der Waals surface area contributed by atoms with E-state index < -0.39 is 17.9 Å². The average Bonchev–Trinajstić information content (AvgIpc) is 3.13. The Labute approximate surface area is 279 Å². The Balaban J connectivity index is 1.97. The molecule has 0 amide bonds. The van der Waals surface area contributed by atoms with Crippen molar-refractivity contribution in [2.24, 2.45) is 0 Å². The lowest BCUT2D eigenvalue weighted by atomic mass is 9.91. The van der Waals surface area contributed by atoms with E-state index in [1.54, 1.807) is 54.6 Å². The van der Waals surface area contributed by atoms with E-state index in [4.69, 9.17) is 28.4 Å². The summed E-state index contributed by atoms with van der Waals surface area (Å²) in [4.78, 5) is 38.3. The van der Waals surface area contributed by atoms with Crippen molar-refractivity contribution >= 4 is 17.9 Å². The van der Waals surface area contributed by atoms with Crippen LogP contribution in [0, 0.1) is 0 Å². The number of methoxy groups -OCH3 is 3. The fraction of sp³-hybridized carbons (Fsp3) is 0.154. The summed E-state index contributed by atoms with van der Waals surface area (Å²) in [5.41, 5.74) is 4.92. The van der Waals surface area contributed by atoms with Crippen molar-refractivity contribution in [1.29, 1.82) is 0 Å². The van der Waals surface area contributed by atoms with Gasteiger partial charge in [-0.25, -0.2) is 14.4 Å². The lowest BCUT2D eigenvalue weighted by molar-refractivity contribution is 0.0587. The lowest BCUT2D eigenvalue weighted by Crippen LogP contribution is -2.07. The molecule has 0 saturated heterocycles. The fourth-order valence-corrected chi connectivity index (χ4v) is 4.89. The van der Waals surface area contributed by atoms with Gasteiger partial charge in [0, 0.05) is 0 Å². The van der Waals surface area contributed by atoms with Crippen molar-refractivity contribution in [2.75, 3.05) is 41.2 Å². The molecule has 0 aliphatic carbocycles. The maximum Gasteiger partial charge on any atom is 0.341 e. The van der Waals surface area contributed by atoms with Crippen LogP contribution in [0.5, 0.6) is 17.2 Å². The number of esters is 3. The van der Waals surface area contributed by atoms with Crippen molar-refractivity contribution in [3.8, 4) is 50.6 Å². The summed E-state index contributed by atoms with van der Waals surface area (Å²) in [6.45, 7) is 11.6. The average molecular weight is 649 g/mol. The lowest BCUT2D eigenvalue weighted by Gasteiger charge is -2.16. The van der Waals surface area contributed by atoms with Gasteiger partial charge in [-0.3, -0.25) is 0 Å². The summed E-state index contributed by atoms with van der Waals surface area (Å²) in [5.74, 6) is -0.665. The van der Waals surface area contributed by atoms with Gasteiger partial charge in [0.05, 0.1) is 21.3 Å². The maximum absolute atomic E-state index is 12.8. The SMILES string of the molecule is C=CCOc1ccc(-c2cc(-c3ccc(OCC=C)c(C(=O)OC)c3)cc(-c3ccc(OCC=C)c(C(=O)OC)c3)c2)cc1C(=O)OC. The van der Waals surface area contributed by atoms with Gasteiger partial charge in [-0.2, -0.15) is 0 Å². The number of benzene rings is 4. The van der Waals surface area contributed by atoms with Gasteiger partial charge in [0.25, 0.3) is 0 Å². The molecule has 0 fully saturated rings. The van der Waals surface area contributed by atoms with Crippen LogP contribution in [0.25, 0.3) is 33.4 Å². The molecule has 4 rings (SSSR count). The second kappa shape index (κ2) is 16.5. The monoisotopic (exact) mass is 648 g/mol. The number of ether oxygens (including phenoxy) is 6. The van der Waals surface area contributed by atoms with E-state index >= 15 is 0 Å². The molecule has 0 aliphatic heterocycles. The van der Waals surface area contributed by atoms with E-state index in [2.05, 4.69) is 19.7 Å². The minimum absolute atomic E-state index is 0.201. The molecule has 0 radical (unpaired) electrons. The van der Waals surface area contributed by atoms with Gasteiger partial charge < -0.3 is 28.4 Å². The Morgan fingerprint density at radius 1 is 0.458 bits per heavy atom. The summed E-state index contributed by atoms with van der Waals surface area (Å²) in [6, 6.07) is 21.4. The number of hydrogen-bond acceptors (Lipinski definition) is 9. The second-order valence-corrected chi connectivity index (χ2v) is 10.2. The van der Waals surface area contributed by atoms with Gasteiger partial charge in [0.2, 0.25) is 0 Å². The van der Waals surface area contributed by atoms with Crippen LogP contribution in [0.1, 0.15) is 31.1 Å². The first-order valence-corrected chi connectivity index (χ1v) is 14.8. The molecule has 0 heterocycles. The Morgan fingerprint density at radius 2 is 0.729 bits per heavy atom. The van der Waals surface area contributed by atoms with Gasteiger partial charge in [-0.1, -0.05) is 56.2 Å². The van der Waals surface area contributed by atoms with E-state index in [0.29, 0.717) is 33.9 Å². The minimum atomic E-state index is -0.567. The largest absolute Gasteiger partial charge is 0.489 e. The number of carbonyl (C=O) groups is 3. The molecule has 9 heteroatoms. The number of rotatable bonds is 15. The molecule has 4 aromatic rings. The Kier molecular flexibility index (Phi) is 11.9. The predicted octanol–water partition coefficient (Wildman–Crippen LogP) is 7.74. The van der Waals surface area contributed by atoms with Gasteiger partial charge in [-0.05, 0) is 88.0 Å². The van der Waals surface area contributed by atoms with Crippen molar-refractivity contribution in [2.45, 2.75) is 0 Å². The third-order valence-corrected chi connectivity index (χ3v) is 7.16. The first-order chi connectivity index (χ1) is 23.3. The molecule has 9 nitrogen and oxygen atoms in total. The Hall–Kier alpha value is -6.09. The first kappa shape index (κ1) is 34.8. The van der Waals surface area contributed by atoms with Crippen LogP contribution >= 0.6 is 0 Å². The standard InChI is InChI=1S/C39H36O9/c1-7-16-46-34-13-10-25(22-31(34)37(40)43-4)28-19-29(26-11-14-35(47-17-8-2)32(23-26)38(41)44-5)21-30(20-28)27-12-15-36(48-18-9-3)33(24-27)39(42)45-6/h7-15,19-24H,1-3,16-18H2,4-6H3. The highest BCUT2D eigenvalue weighted by molar-refractivity contribution is 5.97. The first-order valence-electron chi connectivity index (χ1n) is 14.8. The quantitative estimate of drug-likeness (QED) is 0.0727. The predicted molar refractivity (Wildman–Crippen MR) is 184 cm³/mol. The zero-order valence-corrected chi connectivity index (χ0v) is 27.1. The van der Waals surface area contributed by atoms with Crippen LogP contribution in [-0.4, -0.2) is 59.1 Å². The van der Waals surface area contributed by atoms with Crippen LogP contribution in [0.4, 0.5) is 0 Å². The van der Waals surface area contributed by atoms with E-state index in [-0.39, 0.29) is 36.5 Å². The van der Waals surface area contributed by atoms with E-state index in [1.807, 2.05) is 36.4 Å². The third kappa shape index (κ3) is 8.00. The summed E-state index contributed by atoms with van der Waals surface area (Å²) in [7, 11) is 3.90. The van der Waals surface area contributed by atoms with Gasteiger partial charge in [0.15, 0.2) is 0 Å². The summed E-state index contributed by atoms with van der Waals surface area (Å²) < 4.78 is 32.3. The zero-order chi connectivity index (χ0) is 34.6. The number of carbonyl (C=O) groups excluding carboxylic acids is 3. The molecule has 0 N–H and O–H groups in total.